The molecule has 0 aliphatic carbocycles. The van der Waals surface area contributed by atoms with Gasteiger partial charge in [0.25, 0.3) is 0 Å². The molecule has 0 N–H and O–H groups in total. The summed E-state index contributed by atoms with van der Waals surface area (Å²) in [6.07, 6.45) is -3.70. The Bertz CT molecular complexity index is 431. The Hall–Kier alpha value is -1.01. The Morgan fingerprint density at radius 3 is 2.07 bits per heavy atom. The van der Waals surface area contributed by atoms with Gasteiger partial charge in [-0.1, -0.05) is 17.7 Å². The third-order valence-corrected chi connectivity index (χ3v) is 2.93. The van der Waals surface area contributed by atoms with Gasteiger partial charge < -0.3 is 0 Å². The van der Waals surface area contributed by atoms with Gasteiger partial charge in [0.1, 0.15) is 0 Å². The first-order chi connectivity index (χ1) is 6.71. The van der Waals surface area contributed by atoms with Crippen molar-refractivity contribution in [2.24, 2.45) is 0 Å². The number of benzene rings is 1. The Morgan fingerprint density at radius 2 is 1.67 bits per heavy atom. The van der Waals surface area contributed by atoms with Crippen LogP contribution in [0.15, 0.2) is 29.2 Å². The maximum atomic E-state index is 12.4. The lowest BCUT2D eigenvalue weighted by Gasteiger charge is -2.11. The van der Waals surface area contributed by atoms with Crippen molar-refractivity contribution in [1.82, 2.24) is 0 Å². The molecule has 0 unspecified atom stereocenters. The monoisotopic (exact) mass is 236 g/mol. The van der Waals surface area contributed by atoms with E-state index in [4.69, 9.17) is 0 Å². The molecule has 0 amide bonds. The van der Waals surface area contributed by atoms with Crippen LogP contribution in [-0.2, 0) is 14.3 Å². The minimum Gasteiger partial charge on any atom is -0.197 e. The molecule has 0 saturated carbocycles. The first kappa shape index (κ1) is 12.1. The zero-order valence-electron chi connectivity index (χ0n) is 8.20. The Labute approximate surface area is 86.8 Å². The first-order valence-corrected chi connectivity index (χ1v) is 5.52. The lowest BCUT2D eigenvalue weighted by atomic mass is 10.2. The van der Waals surface area contributed by atoms with Crippen molar-refractivity contribution >= 4 is 10.1 Å². The van der Waals surface area contributed by atoms with Crippen LogP contribution >= 0.6 is 0 Å². The third-order valence-electron chi connectivity index (χ3n) is 1.57. The van der Waals surface area contributed by atoms with Gasteiger partial charge in [-0.3, -0.25) is 0 Å². The molecular formula is C9H10F2O3S. The molecule has 0 fully saturated rings. The summed E-state index contributed by atoms with van der Waals surface area (Å²) >= 11 is 0. The maximum Gasteiger partial charge on any atom is 0.366 e. The van der Waals surface area contributed by atoms with Gasteiger partial charge in [-0.2, -0.15) is 21.4 Å². The molecule has 0 aliphatic rings. The molecule has 1 rings (SSSR count). The fourth-order valence-corrected chi connectivity index (χ4v) is 1.90. The van der Waals surface area contributed by atoms with Crippen molar-refractivity contribution in [3.63, 3.8) is 0 Å². The number of alkyl halides is 2. The van der Waals surface area contributed by atoms with Crippen LogP contribution in [-0.4, -0.2) is 14.5 Å². The fourth-order valence-electron chi connectivity index (χ4n) is 0.946. The highest BCUT2D eigenvalue weighted by Gasteiger charge is 2.31. The third kappa shape index (κ3) is 3.56. The fraction of sp³-hybridized carbons (Fsp3) is 0.333. The van der Waals surface area contributed by atoms with Gasteiger partial charge in [0, 0.05) is 6.92 Å². The van der Waals surface area contributed by atoms with Crippen LogP contribution in [0.1, 0.15) is 12.5 Å². The number of rotatable bonds is 3. The standard InChI is InChI=1S/C9H10F2O3S/c1-7-3-5-8(6-4-7)15(12,13)14-9(2,10)11/h3-6H,1-2H3. The molecule has 1 aromatic carbocycles. The van der Waals surface area contributed by atoms with Crippen LogP contribution in [0.25, 0.3) is 0 Å². The molecule has 0 bridgehead atoms. The van der Waals surface area contributed by atoms with Gasteiger partial charge in [0.15, 0.2) is 0 Å². The molecule has 3 nitrogen and oxygen atoms in total. The second kappa shape index (κ2) is 3.86. The van der Waals surface area contributed by atoms with Crippen molar-refractivity contribution in [3.8, 4) is 0 Å². The number of hydrogen-bond acceptors (Lipinski definition) is 3. The topological polar surface area (TPSA) is 43.4 Å². The number of aryl methyl sites for hydroxylation is 1. The lowest BCUT2D eigenvalue weighted by Crippen LogP contribution is -2.21. The number of halogens is 2. The Balaban J connectivity index is 3.02. The predicted octanol–water partition coefficient (Wildman–Crippen LogP) is 2.31. The van der Waals surface area contributed by atoms with Gasteiger partial charge in [0.2, 0.25) is 0 Å². The lowest BCUT2D eigenvalue weighted by molar-refractivity contribution is -0.154. The Kier molecular flexibility index (Phi) is 3.11. The maximum absolute atomic E-state index is 12.4. The zero-order valence-corrected chi connectivity index (χ0v) is 9.01. The van der Waals surface area contributed by atoms with E-state index in [1.54, 1.807) is 6.92 Å². The first-order valence-electron chi connectivity index (χ1n) is 4.11. The quantitative estimate of drug-likeness (QED) is 0.756. The van der Waals surface area contributed by atoms with Crippen molar-refractivity contribution in [3.05, 3.63) is 29.8 Å². The molecule has 0 spiro atoms. The molecule has 0 aromatic heterocycles. The number of hydrogen-bond donors (Lipinski definition) is 0. The molecule has 84 valence electrons. The van der Waals surface area contributed by atoms with E-state index < -0.39 is 16.2 Å². The zero-order chi connectivity index (χ0) is 11.7. The summed E-state index contributed by atoms with van der Waals surface area (Å²) in [5.74, 6) is 0. The second-order valence-electron chi connectivity index (χ2n) is 3.16. The highest BCUT2D eigenvalue weighted by atomic mass is 32.2. The average Bonchev–Trinajstić information content (AvgIpc) is 2.00. The summed E-state index contributed by atoms with van der Waals surface area (Å²) in [5.41, 5.74) is 0.831. The van der Waals surface area contributed by atoms with Gasteiger partial charge in [-0.25, -0.2) is 0 Å². The van der Waals surface area contributed by atoms with Crippen LogP contribution in [0.5, 0.6) is 0 Å². The van der Waals surface area contributed by atoms with Gasteiger partial charge in [-0.15, -0.1) is 0 Å². The molecule has 0 aliphatic heterocycles. The SMILES string of the molecule is Cc1ccc(S(=O)(=O)OC(C)(F)F)cc1. The van der Waals surface area contributed by atoms with E-state index >= 15 is 0 Å². The normalized spacial score (nSPS) is 12.8. The summed E-state index contributed by atoms with van der Waals surface area (Å²) in [4.78, 5) is -0.283. The van der Waals surface area contributed by atoms with E-state index in [1.165, 1.54) is 24.3 Å². The van der Waals surface area contributed by atoms with E-state index in [9.17, 15) is 17.2 Å². The van der Waals surface area contributed by atoms with E-state index in [2.05, 4.69) is 4.18 Å². The Morgan fingerprint density at radius 1 is 1.20 bits per heavy atom. The minimum atomic E-state index is -4.38. The van der Waals surface area contributed by atoms with E-state index in [0.717, 1.165) is 5.56 Å². The highest BCUT2D eigenvalue weighted by molar-refractivity contribution is 7.86. The summed E-state index contributed by atoms with van der Waals surface area (Å²) < 4.78 is 51.0. The molecule has 1 aromatic rings. The smallest absolute Gasteiger partial charge is 0.197 e. The van der Waals surface area contributed by atoms with Crippen LogP contribution in [0, 0.1) is 6.92 Å². The van der Waals surface area contributed by atoms with E-state index in [-0.39, 0.29) is 4.90 Å². The molecule has 0 heterocycles. The van der Waals surface area contributed by atoms with Crippen molar-refractivity contribution in [1.29, 1.82) is 0 Å². The summed E-state index contributed by atoms with van der Waals surface area (Å²) in [5, 5.41) is 0. The molecule has 6 heteroatoms. The van der Waals surface area contributed by atoms with Crippen molar-refractivity contribution in [2.75, 3.05) is 0 Å². The van der Waals surface area contributed by atoms with Crippen LogP contribution < -0.4 is 0 Å². The van der Waals surface area contributed by atoms with Gasteiger partial charge >= 0.3 is 16.2 Å². The van der Waals surface area contributed by atoms with Crippen LogP contribution in [0.3, 0.4) is 0 Å². The van der Waals surface area contributed by atoms with Crippen LogP contribution in [0.4, 0.5) is 8.78 Å². The summed E-state index contributed by atoms with van der Waals surface area (Å²) in [6, 6.07) is 5.45. The molecule has 0 radical (unpaired) electrons. The van der Waals surface area contributed by atoms with E-state index in [1.807, 2.05) is 0 Å². The predicted molar refractivity (Wildman–Crippen MR) is 50.1 cm³/mol. The van der Waals surface area contributed by atoms with Crippen molar-refractivity contribution in [2.45, 2.75) is 24.9 Å². The molecular weight excluding hydrogens is 226 g/mol. The van der Waals surface area contributed by atoms with Crippen molar-refractivity contribution < 1.29 is 21.4 Å². The summed E-state index contributed by atoms with van der Waals surface area (Å²) in [6.45, 7) is 2.13. The highest BCUT2D eigenvalue weighted by Crippen LogP contribution is 2.22. The molecule has 15 heavy (non-hydrogen) atoms. The van der Waals surface area contributed by atoms with Crippen LogP contribution in [0.2, 0.25) is 0 Å². The molecule has 0 atom stereocenters. The second-order valence-corrected chi connectivity index (χ2v) is 4.70. The largest absolute Gasteiger partial charge is 0.366 e. The van der Waals surface area contributed by atoms with Gasteiger partial charge in [0.05, 0.1) is 4.90 Å². The summed E-state index contributed by atoms with van der Waals surface area (Å²) in [7, 11) is -4.38. The van der Waals surface area contributed by atoms with E-state index in [0.29, 0.717) is 6.92 Å². The average molecular weight is 236 g/mol. The molecule has 0 saturated heterocycles. The minimum absolute atomic E-state index is 0.283. The van der Waals surface area contributed by atoms with Gasteiger partial charge in [-0.05, 0) is 19.1 Å².